The lowest BCUT2D eigenvalue weighted by molar-refractivity contribution is -0.147. The van der Waals surface area contributed by atoms with Gasteiger partial charge < -0.3 is 25.2 Å². The van der Waals surface area contributed by atoms with Gasteiger partial charge in [0.1, 0.15) is 12.7 Å². The molecule has 0 radical (unpaired) electrons. The Morgan fingerprint density at radius 2 is 0.945 bits per heavy atom. The number of hydrogen-bond acceptors (Lipinski definition) is 8. The van der Waals surface area contributed by atoms with Crippen LogP contribution in [0.3, 0.4) is 0 Å². The zero-order chi connectivity index (χ0) is 40.7. The van der Waals surface area contributed by atoms with E-state index in [4.69, 9.17) is 13.8 Å². The quantitative estimate of drug-likeness (QED) is 0.0202. The van der Waals surface area contributed by atoms with E-state index >= 15 is 0 Å². The van der Waals surface area contributed by atoms with E-state index in [0.717, 1.165) is 38.5 Å². The highest BCUT2D eigenvalue weighted by Crippen LogP contribution is 2.43. The molecule has 0 spiro atoms. The van der Waals surface area contributed by atoms with Crippen LogP contribution in [0.2, 0.25) is 0 Å². The van der Waals surface area contributed by atoms with E-state index in [9.17, 15) is 34.1 Å². The average Bonchev–Trinajstić information content (AvgIpc) is 3.16. The Morgan fingerprint density at radius 1 is 0.564 bits per heavy atom. The summed E-state index contributed by atoms with van der Waals surface area (Å²) in [6.45, 7) is 2.58. The number of allylic oxidation sites excluding steroid dienone is 2. The number of aliphatic hydroxyl groups is 1. The molecular formula is C43H82NO10P. The van der Waals surface area contributed by atoms with Crippen molar-refractivity contribution in [2.24, 2.45) is 0 Å². The highest BCUT2D eigenvalue weighted by atomic mass is 31.2. The van der Waals surface area contributed by atoms with Gasteiger partial charge >= 0.3 is 19.8 Å². The van der Waals surface area contributed by atoms with E-state index in [1.807, 2.05) is 0 Å². The van der Waals surface area contributed by atoms with Crippen molar-refractivity contribution < 1.29 is 47.8 Å². The molecule has 11 nitrogen and oxygen atoms in total. The summed E-state index contributed by atoms with van der Waals surface area (Å²) < 4.78 is 26.8. The van der Waals surface area contributed by atoms with E-state index in [1.54, 1.807) is 0 Å². The van der Waals surface area contributed by atoms with Gasteiger partial charge in [-0.15, -0.1) is 0 Å². The number of ether oxygens (including phenoxy) is 1. The monoisotopic (exact) mass is 804 g/mol. The van der Waals surface area contributed by atoms with E-state index in [1.165, 1.54) is 135 Å². The molecule has 3 atom stereocenters. The maximum absolute atomic E-state index is 12.3. The Morgan fingerprint density at radius 3 is 1.38 bits per heavy atom. The van der Waals surface area contributed by atoms with Crippen LogP contribution in [0, 0.1) is 0 Å². The summed E-state index contributed by atoms with van der Waals surface area (Å²) in [5, 5.41) is 21.8. The van der Waals surface area contributed by atoms with Crippen LogP contribution in [0.1, 0.15) is 213 Å². The number of hydrogen-bond donors (Lipinski definition) is 4. The maximum atomic E-state index is 12.3. The third kappa shape index (κ3) is 38.9. The maximum Gasteiger partial charge on any atom is 0.472 e. The normalized spacial score (nSPS) is 13.8. The van der Waals surface area contributed by atoms with Gasteiger partial charge in [-0.1, -0.05) is 174 Å². The van der Waals surface area contributed by atoms with Gasteiger partial charge in [0.15, 0.2) is 6.04 Å². The summed E-state index contributed by atoms with van der Waals surface area (Å²) in [6, 6.07) is -1.54. The average molecular weight is 804 g/mol. The number of unbranched alkanes of at least 4 members (excludes halogenated alkanes) is 26. The van der Waals surface area contributed by atoms with Crippen molar-refractivity contribution in [1.82, 2.24) is 5.32 Å². The smallest absolute Gasteiger partial charge is 0.472 e. The number of carboxylic acids is 1. The van der Waals surface area contributed by atoms with Crippen molar-refractivity contribution in [2.45, 2.75) is 225 Å². The lowest BCUT2D eigenvalue weighted by atomic mass is 10.0. The fraction of sp³-hybridized carbons (Fsp3) is 0.884. The standard InChI is InChI=1S/C43H82NO10P/c1-3-5-7-9-11-13-15-16-17-18-19-20-21-22-23-24-25-26-28-30-32-34-41(46)44-40(43(48)49)38-54-55(50,51)53-37-39(45)36-52-42(47)35-33-31-29-27-14-12-10-8-6-4-2/h16-17,39-40,45H,3-15,18-38H2,1-2H3,(H,44,46)(H,48,49)(H,50,51)/b17-16+. The molecular weight excluding hydrogens is 721 g/mol. The van der Waals surface area contributed by atoms with Crippen molar-refractivity contribution in [3.8, 4) is 0 Å². The molecule has 0 aliphatic carbocycles. The highest BCUT2D eigenvalue weighted by molar-refractivity contribution is 7.47. The molecule has 1 amide bonds. The van der Waals surface area contributed by atoms with Crippen LogP contribution in [-0.4, -0.2) is 64.9 Å². The first-order chi connectivity index (χ1) is 26.6. The number of phosphoric acid groups is 1. The summed E-state index contributed by atoms with van der Waals surface area (Å²) in [6.07, 6.45) is 38.1. The fourth-order valence-corrected chi connectivity index (χ4v) is 7.08. The molecule has 4 N–H and O–H groups in total. The number of carbonyl (C=O) groups excluding carboxylic acids is 2. The number of amides is 1. The van der Waals surface area contributed by atoms with Crippen LogP contribution in [-0.2, 0) is 32.7 Å². The molecule has 0 rings (SSSR count). The third-order valence-corrected chi connectivity index (χ3v) is 10.8. The van der Waals surface area contributed by atoms with Crippen molar-refractivity contribution in [3.05, 3.63) is 12.2 Å². The molecule has 0 aromatic carbocycles. The minimum atomic E-state index is -4.75. The van der Waals surface area contributed by atoms with Gasteiger partial charge in [0, 0.05) is 12.8 Å². The molecule has 0 fully saturated rings. The van der Waals surface area contributed by atoms with Gasteiger partial charge in [0.25, 0.3) is 0 Å². The molecule has 0 saturated heterocycles. The summed E-state index contributed by atoms with van der Waals surface area (Å²) in [4.78, 5) is 45.8. The largest absolute Gasteiger partial charge is 0.480 e. The number of rotatable bonds is 42. The third-order valence-electron chi connectivity index (χ3n) is 9.80. The Kier molecular flexibility index (Phi) is 37.8. The molecule has 0 aliphatic rings. The van der Waals surface area contributed by atoms with Crippen LogP contribution in [0.4, 0.5) is 0 Å². The number of carboxylic acid groups (broad SMARTS) is 1. The highest BCUT2D eigenvalue weighted by Gasteiger charge is 2.28. The summed E-state index contributed by atoms with van der Waals surface area (Å²) >= 11 is 0. The number of phosphoric ester groups is 1. The van der Waals surface area contributed by atoms with Crippen LogP contribution >= 0.6 is 7.82 Å². The first-order valence-corrected chi connectivity index (χ1v) is 23.7. The molecule has 12 heteroatoms. The van der Waals surface area contributed by atoms with Gasteiger partial charge in [0.2, 0.25) is 5.91 Å². The molecule has 3 unspecified atom stereocenters. The number of carbonyl (C=O) groups is 3. The molecule has 55 heavy (non-hydrogen) atoms. The van der Waals surface area contributed by atoms with Gasteiger partial charge in [-0.3, -0.25) is 18.6 Å². The van der Waals surface area contributed by atoms with Crippen LogP contribution < -0.4 is 5.32 Å². The predicted octanol–water partition coefficient (Wildman–Crippen LogP) is 11.3. The number of aliphatic carboxylic acids is 1. The minimum absolute atomic E-state index is 0.148. The Hall–Kier alpha value is -1.78. The molecule has 0 bridgehead atoms. The Labute approximate surface area is 335 Å². The topological polar surface area (TPSA) is 169 Å². The van der Waals surface area contributed by atoms with Crippen molar-refractivity contribution in [1.29, 1.82) is 0 Å². The summed E-state index contributed by atoms with van der Waals surface area (Å²) in [7, 11) is -4.75. The molecule has 324 valence electrons. The molecule has 0 aromatic heterocycles. The summed E-state index contributed by atoms with van der Waals surface area (Å²) in [5.74, 6) is -2.36. The second kappa shape index (κ2) is 39.1. The first-order valence-electron chi connectivity index (χ1n) is 22.2. The van der Waals surface area contributed by atoms with E-state index < -0.39 is 57.6 Å². The lowest BCUT2D eigenvalue weighted by Gasteiger charge is -2.18. The Bertz CT molecular complexity index is 995. The second-order valence-corrected chi connectivity index (χ2v) is 16.7. The van der Waals surface area contributed by atoms with E-state index in [2.05, 4.69) is 31.3 Å². The van der Waals surface area contributed by atoms with Gasteiger partial charge in [-0.25, -0.2) is 9.36 Å². The molecule has 0 saturated carbocycles. The Balaban J connectivity index is 3.85. The molecule has 0 aliphatic heterocycles. The fourth-order valence-electron chi connectivity index (χ4n) is 6.31. The number of aliphatic hydroxyl groups excluding tert-OH is 1. The number of nitrogens with one attached hydrogen (secondary N) is 1. The van der Waals surface area contributed by atoms with E-state index in [-0.39, 0.29) is 12.8 Å². The van der Waals surface area contributed by atoms with Gasteiger partial charge in [-0.05, 0) is 38.5 Å². The van der Waals surface area contributed by atoms with Gasteiger partial charge in [-0.2, -0.15) is 0 Å². The minimum Gasteiger partial charge on any atom is -0.480 e. The van der Waals surface area contributed by atoms with Crippen molar-refractivity contribution in [2.75, 3.05) is 19.8 Å². The van der Waals surface area contributed by atoms with Crippen molar-refractivity contribution in [3.63, 3.8) is 0 Å². The summed E-state index contributed by atoms with van der Waals surface area (Å²) in [5.41, 5.74) is 0. The second-order valence-electron chi connectivity index (χ2n) is 15.2. The molecule has 0 heterocycles. The van der Waals surface area contributed by atoms with Crippen molar-refractivity contribution >= 4 is 25.7 Å². The van der Waals surface area contributed by atoms with Gasteiger partial charge in [0.05, 0.1) is 13.2 Å². The number of esters is 1. The molecule has 0 aromatic rings. The SMILES string of the molecule is CCCCCCCC/C=C/CCCCCCCCCCCCCC(=O)NC(COP(=O)(O)OCC(O)COC(=O)CCCCCCCCCCCC)C(=O)O. The first kappa shape index (κ1) is 53.2. The predicted molar refractivity (Wildman–Crippen MR) is 222 cm³/mol. The van der Waals surface area contributed by atoms with Crippen LogP contribution in [0.15, 0.2) is 12.2 Å². The zero-order valence-corrected chi connectivity index (χ0v) is 35.9. The van der Waals surface area contributed by atoms with Crippen LogP contribution in [0.25, 0.3) is 0 Å². The lowest BCUT2D eigenvalue weighted by Crippen LogP contribution is -2.43. The van der Waals surface area contributed by atoms with Crippen LogP contribution in [0.5, 0.6) is 0 Å². The van der Waals surface area contributed by atoms with E-state index in [0.29, 0.717) is 12.8 Å². The zero-order valence-electron chi connectivity index (χ0n) is 35.0.